The number of anilines is 2. The second-order valence-electron chi connectivity index (χ2n) is 18.0. The maximum Gasteiger partial charge on any atom is 0.295 e. The minimum Gasteiger partial charge on any atom is -0.424 e. The Morgan fingerprint density at radius 3 is 1.94 bits per heavy atom. The van der Waals surface area contributed by atoms with Gasteiger partial charge in [-0.25, -0.2) is 33.1 Å². The third-order valence-electron chi connectivity index (χ3n) is 13.4. The van der Waals surface area contributed by atoms with Crippen molar-refractivity contribution in [1.29, 1.82) is 0 Å². The number of carbonyl (C=O) groups is 2. The summed E-state index contributed by atoms with van der Waals surface area (Å²) < 4.78 is 56.8. The van der Waals surface area contributed by atoms with E-state index in [1.807, 2.05) is 29.2 Å². The van der Waals surface area contributed by atoms with Crippen LogP contribution in [0, 0.1) is 43.1 Å². The lowest BCUT2D eigenvalue weighted by atomic mass is 9.84. The number of oxazole rings is 2. The molecule has 4 aromatic heterocycles. The van der Waals surface area contributed by atoms with Crippen LogP contribution in [0.25, 0.3) is 45.0 Å². The van der Waals surface area contributed by atoms with Crippen molar-refractivity contribution >= 4 is 46.0 Å². The van der Waals surface area contributed by atoms with Gasteiger partial charge in [-0.3, -0.25) is 9.59 Å². The van der Waals surface area contributed by atoms with Gasteiger partial charge in [0.2, 0.25) is 0 Å². The molecule has 2 aliphatic heterocycles. The topological polar surface area (TPSA) is 168 Å². The van der Waals surface area contributed by atoms with Crippen molar-refractivity contribution in [3.05, 3.63) is 143 Å². The predicted octanol–water partition coefficient (Wildman–Crippen LogP) is 9.85. The van der Waals surface area contributed by atoms with Gasteiger partial charge in [0.1, 0.15) is 28.5 Å². The third kappa shape index (κ3) is 9.32. The number of likely N-dealkylation sites (tertiary alicyclic amines) is 2. The fraction of sp³-hybridized carbons (Fsp3) is 0.308. The van der Waals surface area contributed by atoms with Crippen molar-refractivity contribution in [3.63, 3.8) is 0 Å². The van der Waals surface area contributed by atoms with Crippen molar-refractivity contribution in [2.24, 2.45) is 11.8 Å². The van der Waals surface area contributed by atoms with Crippen molar-refractivity contribution < 1.29 is 31.6 Å². The van der Waals surface area contributed by atoms with Crippen LogP contribution in [0.15, 0.2) is 106 Å². The number of para-hydroxylation sites is 2. The monoisotopic (exact) mass is 934 g/mol. The lowest BCUT2D eigenvalue weighted by Gasteiger charge is -2.41. The van der Waals surface area contributed by atoms with E-state index in [0.717, 1.165) is 18.4 Å². The molecule has 10 rings (SSSR count). The van der Waals surface area contributed by atoms with Gasteiger partial charge >= 0.3 is 0 Å². The van der Waals surface area contributed by atoms with E-state index in [2.05, 4.69) is 42.5 Å². The Bertz CT molecular complexity index is 3170. The molecule has 2 aliphatic rings. The first kappa shape index (κ1) is 45.1. The summed E-state index contributed by atoms with van der Waals surface area (Å²) in [6, 6.07) is 20.5. The van der Waals surface area contributed by atoms with Gasteiger partial charge in [0.15, 0.2) is 22.8 Å². The average Bonchev–Trinajstić information content (AvgIpc) is 3.97. The highest BCUT2D eigenvalue weighted by Gasteiger charge is 2.38. The van der Waals surface area contributed by atoms with Crippen LogP contribution in [0.1, 0.15) is 70.1 Å². The molecule has 8 aromatic rings. The van der Waals surface area contributed by atoms with E-state index in [1.54, 1.807) is 43.1 Å². The second-order valence-corrected chi connectivity index (χ2v) is 18.0. The molecular formula is C52H49F3N10O4. The van der Waals surface area contributed by atoms with Crippen molar-refractivity contribution in [2.75, 3.05) is 36.8 Å². The Morgan fingerprint density at radius 1 is 0.652 bits per heavy atom. The van der Waals surface area contributed by atoms with Crippen LogP contribution < -0.4 is 10.6 Å². The van der Waals surface area contributed by atoms with Crippen molar-refractivity contribution in [3.8, 4) is 22.8 Å². The summed E-state index contributed by atoms with van der Waals surface area (Å²) in [7, 11) is 0. The molecule has 6 heterocycles. The van der Waals surface area contributed by atoms with Gasteiger partial charge in [0.05, 0.1) is 23.2 Å². The standard InChI is InChI=1S/C52H49F3N10O4/c1-29-9-6-19-64(43(29)27-59-51-62-41-11-4-5-12-45(41)68-51)49(66)38-22-31(3)40(55)26-36(38)48-58-18-15-34(61-48)23-32-10-7-20-65(44(32)28-60-52-63-42-24-33(53)13-14-46(42)69-52)50(67)37-21-30(2)39(54)25-35(37)47-56-16-8-17-57-47/h4-5,8,11-18,21-22,24-26,29,32,43-44H,6-7,9-10,19-20,23,27-28H2,1-3H3,(H,59,62)(H,60,63). The summed E-state index contributed by atoms with van der Waals surface area (Å²) in [4.78, 5) is 60.6. The highest BCUT2D eigenvalue weighted by Crippen LogP contribution is 2.35. The van der Waals surface area contributed by atoms with Gasteiger partial charge in [0.25, 0.3) is 23.8 Å². The molecule has 0 saturated carbocycles. The highest BCUT2D eigenvalue weighted by atomic mass is 19.1. The van der Waals surface area contributed by atoms with Crippen LogP contribution >= 0.6 is 0 Å². The highest BCUT2D eigenvalue weighted by molar-refractivity contribution is 6.01. The van der Waals surface area contributed by atoms with Gasteiger partial charge in [-0.2, -0.15) is 9.97 Å². The molecule has 2 fully saturated rings. The van der Waals surface area contributed by atoms with E-state index >= 15 is 8.78 Å². The number of amides is 2. The van der Waals surface area contributed by atoms with Gasteiger partial charge < -0.3 is 29.3 Å². The first-order chi connectivity index (χ1) is 33.5. The minimum absolute atomic E-state index is 0.143. The maximum atomic E-state index is 15.7. The second kappa shape index (κ2) is 19.1. The van der Waals surface area contributed by atoms with Gasteiger partial charge in [-0.15, -0.1) is 0 Å². The zero-order valence-corrected chi connectivity index (χ0v) is 38.3. The number of carbonyl (C=O) groups excluding carboxylic acids is 2. The number of fused-ring (bicyclic) bond motifs is 2. The normalized spacial score (nSPS) is 18.5. The van der Waals surface area contributed by atoms with Crippen LogP contribution in [0.5, 0.6) is 0 Å². The van der Waals surface area contributed by atoms with E-state index in [-0.39, 0.29) is 76.2 Å². The molecule has 0 bridgehead atoms. The van der Waals surface area contributed by atoms with Crippen LogP contribution in [0.2, 0.25) is 0 Å². The molecular weight excluding hydrogens is 886 g/mol. The fourth-order valence-corrected chi connectivity index (χ4v) is 9.77. The summed E-state index contributed by atoms with van der Waals surface area (Å²) in [6.45, 7) is 6.82. The first-order valence-electron chi connectivity index (χ1n) is 23.2. The third-order valence-corrected chi connectivity index (χ3v) is 13.4. The van der Waals surface area contributed by atoms with Gasteiger partial charge in [-0.1, -0.05) is 19.1 Å². The molecule has 17 heteroatoms. The fourth-order valence-electron chi connectivity index (χ4n) is 9.77. The molecule has 4 aromatic carbocycles. The number of nitrogens with one attached hydrogen (secondary N) is 2. The number of aryl methyl sites for hydroxylation is 2. The Morgan fingerprint density at radius 2 is 1.25 bits per heavy atom. The molecule has 0 aliphatic carbocycles. The minimum atomic E-state index is -0.498. The van der Waals surface area contributed by atoms with E-state index in [9.17, 15) is 14.0 Å². The largest absolute Gasteiger partial charge is 0.424 e. The van der Waals surface area contributed by atoms with Crippen LogP contribution in [0.4, 0.5) is 25.2 Å². The number of hydrogen-bond donors (Lipinski definition) is 2. The van der Waals surface area contributed by atoms with E-state index in [4.69, 9.17) is 13.8 Å². The molecule has 4 atom stereocenters. The van der Waals surface area contributed by atoms with Crippen LogP contribution in [-0.4, -0.2) is 89.8 Å². The number of nitrogens with zero attached hydrogens (tertiary/aromatic N) is 8. The quantitative estimate of drug-likeness (QED) is 0.119. The zero-order chi connectivity index (χ0) is 47.8. The van der Waals surface area contributed by atoms with Crippen LogP contribution in [-0.2, 0) is 6.42 Å². The molecule has 0 radical (unpaired) electrons. The lowest BCUT2D eigenvalue weighted by Crippen LogP contribution is -2.52. The summed E-state index contributed by atoms with van der Waals surface area (Å²) in [5.41, 5.74) is 4.40. The number of benzene rings is 4. The molecule has 2 saturated heterocycles. The number of piperidine rings is 2. The van der Waals surface area contributed by atoms with E-state index in [0.29, 0.717) is 78.4 Å². The SMILES string of the molecule is Cc1cc(C(=O)N2CCCC(C)C2CNc2nc3ccccc3o2)c(-c2nccc(CC3CCCN(C(=O)c4cc(C)c(F)cc4-c4ncccn4)C3CNc3nc4cc(F)ccc4o3)n2)cc1F. The number of hydrogen-bond acceptors (Lipinski definition) is 12. The average molecular weight is 935 g/mol. The Hall–Kier alpha value is -7.69. The Labute approximate surface area is 395 Å². The molecule has 4 unspecified atom stereocenters. The Balaban J connectivity index is 0.952. The first-order valence-corrected chi connectivity index (χ1v) is 23.2. The molecule has 14 nitrogen and oxygen atoms in total. The van der Waals surface area contributed by atoms with Gasteiger partial charge in [0, 0.05) is 67.7 Å². The van der Waals surface area contributed by atoms with E-state index < -0.39 is 23.5 Å². The summed E-state index contributed by atoms with van der Waals surface area (Å²) in [6.07, 6.45) is 8.11. The van der Waals surface area contributed by atoms with Crippen molar-refractivity contribution in [1.82, 2.24) is 39.7 Å². The van der Waals surface area contributed by atoms with Crippen LogP contribution in [0.3, 0.4) is 0 Å². The molecule has 0 spiro atoms. The number of rotatable bonds is 12. The maximum absolute atomic E-state index is 15.7. The predicted molar refractivity (Wildman–Crippen MR) is 254 cm³/mol. The summed E-state index contributed by atoms with van der Waals surface area (Å²) >= 11 is 0. The molecule has 352 valence electrons. The van der Waals surface area contributed by atoms with Gasteiger partial charge in [-0.05, 0) is 130 Å². The molecule has 2 amide bonds. The lowest BCUT2D eigenvalue weighted by molar-refractivity contribution is 0.0516. The Kier molecular flexibility index (Phi) is 12.5. The number of aromatic nitrogens is 6. The summed E-state index contributed by atoms with van der Waals surface area (Å²) in [5.74, 6) is -1.71. The van der Waals surface area contributed by atoms with E-state index in [1.165, 1.54) is 48.8 Å². The smallest absolute Gasteiger partial charge is 0.295 e. The van der Waals surface area contributed by atoms with Crippen molar-refractivity contribution in [2.45, 2.75) is 65.0 Å². The summed E-state index contributed by atoms with van der Waals surface area (Å²) in [5, 5.41) is 6.58. The molecule has 2 N–H and O–H groups in total. The molecule has 69 heavy (non-hydrogen) atoms. The number of halogens is 3. The zero-order valence-electron chi connectivity index (χ0n) is 38.3.